The van der Waals surface area contributed by atoms with Crippen LogP contribution in [-0.2, 0) is 14.3 Å². The van der Waals surface area contributed by atoms with Crippen molar-refractivity contribution in [2.75, 3.05) is 5.32 Å². The second-order valence-corrected chi connectivity index (χ2v) is 7.37. The Morgan fingerprint density at radius 1 is 1.12 bits per heavy atom. The lowest BCUT2D eigenvalue weighted by molar-refractivity contribution is -0.152. The largest absolute Gasteiger partial charge is 0.462 e. The van der Waals surface area contributed by atoms with Crippen molar-refractivity contribution in [3.63, 3.8) is 0 Å². The van der Waals surface area contributed by atoms with Crippen LogP contribution in [0.1, 0.15) is 46.0 Å². The number of anilines is 1. The summed E-state index contributed by atoms with van der Waals surface area (Å²) in [6.45, 7) is 4.42. The lowest BCUT2D eigenvalue weighted by Gasteiger charge is -2.31. The van der Waals surface area contributed by atoms with E-state index in [1.165, 1.54) is 0 Å². The van der Waals surface area contributed by atoms with Gasteiger partial charge in [-0.25, -0.2) is 0 Å². The molecule has 0 aromatic heterocycles. The van der Waals surface area contributed by atoms with E-state index in [0.29, 0.717) is 27.6 Å². The lowest BCUT2D eigenvalue weighted by atomic mass is 9.80. The zero-order valence-corrected chi connectivity index (χ0v) is 15.5. The maximum atomic E-state index is 11.9. The van der Waals surface area contributed by atoms with Gasteiger partial charge in [-0.1, -0.05) is 37.0 Å². The number of hydrogen-bond donors (Lipinski definition) is 1. The van der Waals surface area contributed by atoms with Crippen LogP contribution >= 0.6 is 23.2 Å². The Labute approximate surface area is 152 Å². The molecule has 1 aliphatic rings. The van der Waals surface area contributed by atoms with Gasteiger partial charge < -0.3 is 10.1 Å². The molecule has 132 valence electrons. The van der Waals surface area contributed by atoms with Crippen LogP contribution in [0.5, 0.6) is 0 Å². The number of carbonyl (C=O) groups excluding carboxylic acids is 2. The van der Waals surface area contributed by atoms with Gasteiger partial charge in [-0.15, -0.1) is 0 Å². The Morgan fingerprint density at radius 2 is 1.88 bits per heavy atom. The molecular weight excluding hydrogens is 349 g/mol. The van der Waals surface area contributed by atoms with Gasteiger partial charge >= 0.3 is 5.97 Å². The highest BCUT2D eigenvalue weighted by Gasteiger charge is 2.27. The summed E-state index contributed by atoms with van der Waals surface area (Å²) in [7, 11) is 0. The molecule has 0 aliphatic heterocycles. The molecule has 6 heteroatoms. The SMILES string of the molecule is C[C@@H]1CC[C@@H](OC(=O)CCC(=O)Nc2ccc(Cl)c(Cl)c2)C[C@H]1C. The molecule has 1 aromatic rings. The molecular formula is C18H23Cl2NO3. The Morgan fingerprint density at radius 3 is 2.54 bits per heavy atom. The minimum Gasteiger partial charge on any atom is -0.462 e. The van der Waals surface area contributed by atoms with Crippen LogP contribution in [0.2, 0.25) is 10.0 Å². The summed E-state index contributed by atoms with van der Waals surface area (Å²) in [4.78, 5) is 23.8. The first-order chi connectivity index (χ1) is 11.3. The van der Waals surface area contributed by atoms with Crippen LogP contribution in [0.25, 0.3) is 0 Å². The van der Waals surface area contributed by atoms with E-state index in [9.17, 15) is 9.59 Å². The predicted molar refractivity (Wildman–Crippen MR) is 96.4 cm³/mol. The van der Waals surface area contributed by atoms with Gasteiger partial charge in [0.2, 0.25) is 5.91 Å². The van der Waals surface area contributed by atoms with Gasteiger partial charge in [0.25, 0.3) is 0 Å². The van der Waals surface area contributed by atoms with E-state index in [-0.39, 0.29) is 30.8 Å². The minimum atomic E-state index is -0.314. The molecule has 0 unspecified atom stereocenters. The Hall–Kier alpha value is -1.26. The third kappa shape index (κ3) is 5.67. The van der Waals surface area contributed by atoms with E-state index in [1.807, 2.05) is 0 Å². The minimum absolute atomic E-state index is 0.0122. The molecule has 4 nitrogen and oxygen atoms in total. The van der Waals surface area contributed by atoms with Crippen molar-refractivity contribution >= 4 is 40.8 Å². The zero-order chi connectivity index (χ0) is 17.7. The highest BCUT2D eigenvalue weighted by Crippen LogP contribution is 2.31. The van der Waals surface area contributed by atoms with E-state index in [2.05, 4.69) is 19.2 Å². The summed E-state index contributed by atoms with van der Waals surface area (Å²) >= 11 is 11.7. The van der Waals surface area contributed by atoms with Crippen LogP contribution in [0, 0.1) is 11.8 Å². The fourth-order valence-corrected chi connectivity index (χ4v) is 3.16. The van der Waals surface area contributed by atoms with Crippen molar-refractivity contribution < 1.29 is 14.3 Å². The standard InChI is InChI=1S/C18H23Cl2NO3/c1-11-3-5-14(9-12(11)2)24-18(23)8-7-17(22)21-13-4-6-15(19)16(20)10-13/h4,6,10-12,14H,3,5,7-9H2,1-2H3,(H,21,22)/t11-,12-,14-/m1/s1. The van der Waals surface area contributed by atoms with Gasteiger partial charge in [-0.05, 0) is 49.3 Å². The maximum absolute atomic E-state index is 11.9. The monoisotopic (exact) mass is 371 g/mol. The van der Waals surface area contributed by atoms with Crippen molar-refractivity contribution in [3.05, 3.63) is 28.2 Å². The van der Waals surface area contributed by atoms with Gasteiger partial charge in [-0.3, -0.25) is 9.59 Å². The van der Waals surface area contributed by atoms with Gasteiger partial charge in [0.1, 0.15) is 6.10 Å². The smallest absolute Gasteiger partial charge is 0.306 e. The van der Waals surface area contributed by atoms with Crippen molar-refractivity contribution in [3.8, 4) is 0 Å². The third-order valence-corrected chi connectivity index (χ3v) is 5.35. The molecule has 1 aromatic carbocycles. The quantitative estimate of drug-likeness (QED) is 0.734. The molecule has 1 fully saturated rings. The molecule has 1 aliphatic carbocycles. The molecule has 1 N–H and O–H groups in total. The van der Waals surface area contributed by atoms with E-state index in [4.69, 9.17) is 27.9 Å². The summed E-state index contributed by atoms with van der Waals surface area (Å²) < 4.78 is 5.49. The molecule has 0 saturated heterocycles. The first kappa shape index (κ1) is 19.1. The molecule has 0 bridgehead atoms. The average molecular weight is 372 g/mol. The number of ether oxygens (including phenoxy) is 1. The van der Waals surface area contributed by atoms with E-state index < -0.39 is 0 Å². The fraction of sp³-hybridized carbons (Fsp3) is 0.556. The topological polar surface area (TPSA) is 55.4 Å². The molecule has 24 heavy (non-hydrogen) atoms. The van der Waals surface area contributed by atoms with Gasteiger partial charge in [-0.2, -0.15) is 0 Å². The number of benzene rings is 1. The number of rotatable bonds is 5. The van der Waals surface area contributed by atoms with Gasteiger partial charge in [0.15, 0.2) is 0 Å². The van der Waals surface area contributed by atoms with Crippen LogP contribution in [0.4, 0.5) is 5.69 Å². The number of esters is 1. The van der Waals surface area contributed by atoms with Crippen molar-refractivity contribution in [2.24, 2.45) is 11.8 Å². The highest BCUT2D eigenvalue weighted by molar-refractivity contribution is 6.42. The summed E-state index contributed by atoms with van der Waals surface area (Å²) in [5.41, 5.74) is 0.554. The molecule has 1 saturated carbocycles. The maximum Gasteiger partial charge on any atom is 0.306 e. The number of hydrogen-bond acceptors (Lipinski definition) is 3. The van der Waals surface area contributed by atoms with E-state index >= 15 is 0 Å². The van der Waals surface area contributed by atoms with Crippen LogP contribution in [0.3, 0.4) is 0 Å². The number of amides is 1. The molecule has 2 rings (SSSR count). The van der Waals surface area contributed by atoms with Crippen LogP contribution in [-0.4, -0.2) is 18.0 Å². The summed E-state index contributed by atoms with van der Waals surface area (Å²) in [6, 6.07) is 4.85. The summed E-state index contributed by atoms with van der Waals surface area (Å²) in [6.07, 6.45) is 3.04. The van der Waals surface area contributed by atoms with Crippen molar-refractivity contribution in [1.29, 1.82) is 0 Å². The third-order valence-electron chi connectivity index (χ3n) is 4.61. The number of carbonyl (C=O) groups is 2. The first-order valence-electron chi connectivity index (χ1n) is 8.29. The van der Waals surface area contributed by atoms with Gasteiger partial charge in [0, 0.05) is 12.1 Å². The summed E-state index contributed by atoms with van der Waals surface area (Å²) in [5, 5.41) is 3.49. The number of nitrogens with one attached hydrogen (secondary N) is 1. The molecule has 3 atom stereocenters. The van der Waals surface area contributed by atoms with Crippen molar-refractivity contribution in [1.82, 2.24) is 0 Å². The number of halogens is 2. The normalized spacial score (nSPS) is 23.6. The predicted octanol–water partition coefficient (Wildman–Crippen LogP) is 5.08. The second kappa shape index (κ2) is 8.72. The average Bonchev–Trinajstić information content (AvgIpc) is 2.53. The molecule has 1 amide bonds. The zero-order valence-electron chi connectivity index (χ0n) is 14.0. The van der Waals surface area contributed by atoms with Crippen LogP contribution < -0.4 is 5.32 Å². The first-order valence-corrected chi connectivity index (χ1v) is 9.05. The van der Waals surface area contributed by atoms with Crippen LogP contribution in [0.15, 0.2) is 18.2 Å². The highest BCUT2D eigenvalue weighted by atomic mass is 35.5. The second-order valence-electron chi connectivity index (χ2n) is 6.56. The molecule has 0 heterocycles. The van der Waals surface area contributed by atoms with E-state index in [0.717, 1.165) is 19.3 Å². The van der Waals surface area contributed by atoms with Crippen molar-refractivity contribution in [2.45, 2.75) is 52.1 Å². The molecule has 0 spiro atoms. The fourth-order valence-electron chi connectivity index (χ4n) is 2.86. The molecule has 0 radical (unpaired) electrons. The Kier molecular flexibility index (Phi) is 6.93. The lowest BCUT2D eigenvalue weighted by Crippen LogP contribution is -2.29. The summed E-state index contributed by atoms with van der Waals surface area (Å²) in [5.74, 6) is 0.674. The van der Waals surface area contributed by atoms with E-state index in [1.54, 1.807) is 18.2 Å². The Balaban J connectivity index is 1.73. The van der Waals surface area contributed by atoms with Gasteiger partial charge in [0.05, 0.1) is 16.5 Å². The Bertz CT molecular complexity index is 606.